The maximum atomic E-state index is 12.7. The van der Waals surface area contributed by atoms with Crippen LogP contribution in [-0.2, 0) is 0 Å². The molecule has 3 rings (SSSR count). The third-order valence-corrected chi connectivity index (χ3v) is 3.61. The first-order valence-electron chi connectivity index (χ1n) is 7.36. The van der Waals surface area contributed by atoms with Gasteiger partial charge in [0.2, 0.25) is 0 Å². The van der Waals surface area contributed by atoms with Crippen molar-refractivity contribution >= 4 is 0 Å². The van der Waals surface area contributed by atoms with E-state index in [1.54, 1.807) is 30.3 Å². The Morgan fingerprint density at radius 1 is 1.00 bits per heavy atom. The quantitative estimate of drug-likeness (QED) is 0.903. The van der Waals surface area contributed by atoms with Crippen LogP contribution in [0.1, 0.15) is 0 Å². The van der Waals surface area contributed by atoms with Gasteiger partial charge < -0.3 is 19.5 Å². The lowest BCUT2D eigenvalue weighted by Crippen LogP contribution is -2.50. The molecule has 0 bridgehead atoms. The number of nitrogens with one attached hydrogen (secondary N) is 1. The number of hydrogen-bond donors (Lipinski definition) is 1. The van der Waals surface area contributed by atoms with E-state index in [-0.39, 0.29) is 17.6 Å². The molecule has 1 heterocycles. The first kappa shape index (κ1) is 16.4. The molecule has 0 aliphatic carbocycles. The number of alkyl halides is 3. The molecule has 24 heavy (non-hydrogen) atoms. The normalized spacial score (nSPS) is 14.8. The van der Waals surface area contributed by atoms with Gasteiger partial charge in [0, 0.05) is 13.1 Å². The van der Waals surface area contributed by atoms with Crippen molar-refractivity contribution in [2.75, 3.05) is 20.2 Å². The molecular weight excluding hydrogens is 323 g/mol. The molecule has 128 valence electrons. The Hall–Kier alpha value is -2.41. The highest BCUT2D eigenvalue weighted by atomic mass is 19.4. The Labute approximate surface area is 137 Å². The van der Waals surface area contributed by atoms with E-state index >= 15 is 0 Å². The van der Waals surface area contributed by atoms with Gasteiger partial charge >= 0.3 is 6.36 Å². The summed E-state index contributed by atoms with van der Waals surface area (Å²) in [7, 11) is 1.53. The lowest BCUT2D eigenvalue weighted by Gasteiger charge is -2.28. The molecule has 0 radical (unpaired) electrons. The summed E-state index contributed by atoms with van der Waals surface area (Å²) in [5.41, 5.74) is 1.30. The molecule has 1 aliphatic heterocycles. The van der Waals surface area contributed by atoms with E-state index in [9.17, 15) is 13.2 Å². The van der Waals surface area contributed by atoms with E-state index in [2.05, 4.69) is 10.1 Å². The number of ether oxygens (including phenoxy) is 3. The number of methoxy groups -OCH3 is 1. The van der Waals surface area contributed by atoms with E-state index in [1.165, 1.54) is 19.2 Å². The maximum Gasteiger partial charge on any atom is 0.573 e. The first-order chi connectivity index (χ1) is 11.4. The fourth-order valence-electron chi connectivity index (χ4n) is 2.32. The van der Waals surface area contributed by atoms with Crippen molar-refractivity contribution in [3.63, 3.8) is 0 Å². The zero-order chi connectivity index (χ0) is 17.2. The summed E-state index contributed by atoms with van der Waals surface area (Å²) < 4.78 is 52.9. The van der Waals surface area contributed by atoms with Crippen molar-refractivity contribution in [2.45, 2.75) is 12.5 Å². The molecule has 2 aromatic carbocycles. The van der Waals surface area contributed by atoms with Crippen molar-refractivity contribution in [3.05, 3.63) is 42.5 Å². The molecule has 0 amide bonds. The van der Waals surface area contributed by atoms with Gasteiger partial charge in [0.1, 0.15) is 11.9 Å². The predicted molar refractivity (Wildman–Crippen MR) is 82.4 cm³/mol. The summed E-state index contributed by atoms with van der Waals surface area (Å²) in [6.45, 7) is 1.20. The number of halogens is 3. The second kappa shape index (κ2) is 6.60. The molecular formula is C17H16F3NO3. The summed E-state index contributed by atoms with van der Waals surface area (Å²) in [5.74, 6) is 0.340. The standard InChI is InChI=1S/C17H16F3NO3/c1-22-13-4-2-3-11(7-13)12-5-6-15(23-14-9-21-10-14)16(8-12)24-17(18,19)20/h2-8,14,21H,9-10H2,1H3. The third-order valence-electron chi connectivity index (χ3n) is 3.61. The molecule has 1 saturated heterocycles. The van der Waals surface area contributed by atoms with Gasteiger partial charge in [-0.1, -0.05) is 18.2 Å². The second-order valence-corrected chi connectivity index (χ2v) is 5.34. The van der Waals surface area contributed by atoms with Crippen LogP contribution in [-0.4, -0.2) is 32.7 Å². The Bertz CT molecular complexity index is 714. The fraction of sp³-hybridized carbons (Fsp3) is 0.294. The van der Waals surface area contributed by atoms with Crippen LogP contribution in [0.5, 0.6) is 17.2 Å². The SMILES string of the molecule is COc1cccc(-c2ccc(OC3CNC3)c(OC(F)(F)F)c2)c1. The van der Waals surface area contributed by atoms with Crippen LogP contribution in [0.3, 0.4) is 0 Å². The molecule has 0 unspecified atom stereocenters. The highest BCUT2D eigenvalue weighted by Crippen LogP contribution is 2.37. The van der Waals surface area contributed by atoms with Crippen LogP contribution in [0, 0.1) is 0 Å². The van der Waals surface area contributed by atoms with Gasteiger partial charge in [0.15, 0.2) is 11.5 Å². The van der Waals surface area contributed by atoms with Crippen LogP contribution >= 0.6 is 0 Å². The Morgan fingerprint density at radius 3 is 2.38 bits per heavy atom. The maximum absolute atomic E-state index is 12.7. The molecule has 2 aromatic rings. The van der Waals surface area contributed by atoms with E-state index in [0.717, 1.165) is 5.56 Å². The summed E-state index contributed by atoms with van der Waals surface area (Å²) in [6.07, 6.45) is -4.94. The van der Waals surface area contributed by atoms with Crippen LogP contribution in [0.25, 0.3) is 11.1 Å². The van der Waals surface area contributed by atoms with Crippen LogP contribution in [0.2, 0.25) is 0 Å². The summed E-state index contributed by atoms with van der Waals surface area (Å²) in [6, 6.07) is 11.6. The second-order valence-electron chi connectivity index (χ2n) is 5.34. The van der Waals surface area contributed by atoms with E-state index in [4.69, 9.17) is 9.47 Å². The topological polar surface area (TPSA) is 39.7 Å². The average Bonchev–Trinajstić information content (AvgIpc) is 2.50. The van der Waals surface area contributed by atoms with Gasteiger partial charge in [-0.05, 0) is 35.4 Å². The lowest BCUT2D eigenvalue weighted by molar-refractivity contribution is -0.275. The minimum absolute atomic E-state index is 0.0745. The van der Waals surface area contributed by atoms with E-state index < -0.39 is 6.36 Å². The highest BCUT2D eigenvalue weighted by molar-refractivity contribution is 5.68. The zero-order valence-corrected chi connectivity index (χ0v) is 12.9. The van der Waals surface area contributed by atoms with Gasteiger partial charge in [-0.25, -0.2) is 0 Å². The van der Waals surface area contributed by atoms with Gasteiger partial charge in [-0.15, -0.1) is 13.2 Å². The minimum atomic E-state index is -4.79. The molecule has 0 spiro atoms. The summed E-state index contributed by atoms with van der Waals surface area (Å²) in [4.78, 5) is 0. The summed E-state index contributed by atoms with van der Waals surface area (Å²) >= 11 is 0. The van der Waals surface area contributed by atoms with Crippen LogP contribution in [0.4, 0.5) is 13.2 Å². The van der Waals surface area contributed by atoms with Crippen molar-refractivity contribution in [3.8, 4) is 28.4 Å². The molecule has 4 nitrogen and oxygen atoms in total. The predicted octanol–water partition coefficient (Wildman–Crippen LogP) is 3.61. The first-order valence-corrected chi connectivity index (χ1v) is 7.36. The van der Waals surface area contributed by atoms with Crippen molar-refractivity contribution < 1.29 is 27.4 Å². The molecule has 1 N–H and O–H groups in total. The van der Waals surface area contributed by atoms with E-state index in [1.807, 2.05) is 0 Å². The number of rotatable bonds is 5. The van der Waals surface area contributed by atoms with Gasteiger partial charge in [0.05, 0.1) is 7.11 Å². The monoisotopic (exact) mass is 339 g/mol. The van der Waals surface area contributed by atoms with Crippen molar-refractivity contribution in [2.24, 2.45) is 0 Å². The average molecular weight is 339 g/mol. The van der Waals surface area contributed by atoms with Crippen LogP contribution in [0.15, 0.2) is 42.5 Å². The van der Waals surface area contributed by atoms with Crippen molar-refractivity contribution in [1.82, 2.24) is 5.32 Å². The lowest BCUT2D eigenvalue weighted by atomic mass is 10.0. The molecule has 1 fully saturated rings. The highest BCUT2D eigenvalue weighted by Gasteiger charge is 2.33. The molecule has 7 heteroatoms. The number of hydrogen-bond acceptors (Lipinski definition) is 4. The smallest absolute Gasteiger partial charge is 0.497 e. The van der Waals surface area contributed by atoms with Gasteiger partial charge in [0.25, 0.3) is 0 Å². The molecule has 1 aliphatic rings. The molecule has 0 aromatic heterocycles. The largest absolute Gasteiger partial charge is 0.573 e. The van der Waals surface area contributed by atoms with E-state index in [0.29, 0.717) is 24.4 Å². The van der Waals surface area contributed by atoms with Crippen LogP contribution < -0.4 is 19.5 Å². The Kier molecular flexibility index (Phi) is 4.53. The van der Waals surface area contributed by atoms with Gasteiger partial charge in [-0.2, -0.15) is 0 Å². The third kappa shape index (κ3) is 3.91. The Morgan fingerprint density at radius 2 is 1.75 bits per heavy atom. The Balaban J connectivity index is 1.94. The fourth-order valence-corrected chi connectivity index (χ4v) is 2.32. The molecule has 0 atom stereocenters. The molecule has 0 saturated carbocycles. The summed E-state index contributed by atoms with van der Waals surface area (Å²) in [5, 5.41) is 3.00. The minimum Gasteiger partial charge on any atom is -0.497 e. The zero-order valence-electron chi connectivity index (χ0n) is 12.9. The number of benzene rings is 2. The van der Waals surface area contributed by atoms with Gasteiger partial charge in [-0.3, -0.25) is 0 Å². The van der Waals surface area contributed by atoms with Crippen molar-refractivity contribution in [1.29, 1.82) is 0 Å².